The van der Waals surface area contributed by atoms with Crippen molar-refractivity contribution in [1.82, 2.24) is 5.32 Å². The lowest BCUT2D eigenvalue weighted by Crippen LogP contribution is -2.58. The number of aliphatic carboxylic acids is 1. The van der Waals surface area contributed by atoms with Crippen molar-refractivity contribution in [2.24, 2.45) is 5.92 Å². The Morgan fingerprint density at radius 2 is 2.05 bits per heavy atom. The summed E-state index contributed by atoms with van der Waals surface area (Å²) in [5.74, 6) is 0.484. The molecule has 21 heavy (non-hydrogen) atoms. The third-order valence-electron chi connectivity index (χ3n) is 3.87. The Balaban J connectivity index is 2.13. The summed E-state index contributed by atoms with van der Waals surface area (Å²) in [5, 5.41) is 12.9. The van der Waals surface area contributed by atoms with Crippen molar-refractivity contribution in [2.45, 2.75) is 31.7 Å². The minimum absolute atomic E-state index is 0.105. The number of para-hydroxylation sites is 2. The molecule has 0 spiro atoms. The first-order chi connectivity index (χ1) is 10.1. The van der Waals surface area contributed by atoms with Crippen molar-refractivity contribution in [1.29, 1.82) is 0 Å². The lowest BCUT2D eigenvalue weighted by molar-refractivity contribution is -0.147. The molecule has 1 atom stereocenters. The molecule has 2 rings (SSSR count). The highest BCUT2D eigenvalue weighted by Crippen LogP contribution is 2.41. The zero-order valence-electron chi connectivity index (χ0n) is 12.6. The maximum atomic E-state index is 11.8. The van der Waals surface area contributed by atoms with Crippen LogP contribution in [0.25, 0.3) is 0 Å². The molecule has 1 aromatic rings. The predicted octanol–water partition coefficient (Wildman–Crippen LogP) is 2.31. The molecule has 1 unspecified atom stereocenters. The lowest BCUT2D eigenvalue weighted by Gasteiger charge is -2.31. The van der Waals surface area contributed by atoms with Crippen LogP contribution in [-0.4, -0.2) is 36.9 Å². The van der Waals surface area contributed by atoms with Gasteiger partial charge >= 0.3 is 5.97 Å². The van der Waals surface area contributed by atoms with Crippen LogP contribution in [0.3, 0.4) is 0 Å². The van der Waals surface area contributed by atoms with E-state index in [1.165, 1.54) is 0 Å². The van der Waals surface area contributed by atoms with E-state index in [1.807, 2.05) is 19.1 Å². The Labute approximate surface area is 125 Å². The second-order valence-electron chi connectivity index (χ2n) is 5.42. The Morgan fingerprint density at radius 3 is 2.57 bits per heavy atom. The Morgan fingerprint density at radius 1 is 1.38 bits per heavy atom. The quantitative estimate of drug-likeness (QED) is 0.731. The van der Waals surface area contributed by atoms with Gasteiger partial charge in [-0.05, 0) is 43.9 Å². The average Bonchev–Trinajstić information content (AvgIpc) is 3.33. The minimum atomic E-state index is -1.00. The molecule has 1 aliphatic rings. The first-order valence-electron chi connectivity index (χ1n) is 7.38. The SMILES string of the molecule is CCCNC(COc1ccccc1OC)(C(=O)O)C1CC1. The molecule has 0 heterocycles. The summed E-state index contributed by atoms with van der Waals surface area (Å²) in [4.78, 5) is 11.8. The van der Waals surface area contributed by atoms with Crippen LogP contribution in [0.2, 0.25) is 0 Å². The van der Waals surface area contributed by atoms with Gasteiger partial charge in [0, 0.05) is 0 Å². The molecule has 0 aliphatic heterocycles. The van der Waals surface area contributed by atoms with Gasteiger partial charge in [-0.3, -0.25) is 10.1 Å². The molecule has 5 heteroatoms. The second-order valence-corrected chi connectivity index (χ2v) is 5.42. The van der Waals surface area contributed by atoms with Crippen LogP contribution < -0.4 is 14.8 Å². The standard InChI is InChI=1S/C16H23NO4/c1-3-10-17-16(15(18)19,12-8-9-12)11-21-14-7-5-4-6-13(14)20-2/h4-7,12,17H,3,8-11H2,1-2H3,(H,18,19). The first kappa shape index (κ1) is 15.6. The van der Waals surface area contributed by atoms with Crippen LogP contribution in [-0.2, 0) is 4.79 Å². The molecule has 1 aromatic carbocycles. The molecule has 116 valence electrons. The maximum absolute atomic E-state index is 11.8. The number of nitrogens with one attached hydrogen (secondary N) is 1. The number of hydrogen-bond acceptors (Lipinski definition) is 4. The third kappa shape index (κ3) is 3.47. The van der Waals surface area contributed by atoms with Crippen LogP contribution >= 0.6 is 0 Å². The molecule has 1 aliphatic carbocycles. The molecule has 1 saturated carbocycles. The van der Waals surface area contributed by atoms with E-state index in [9.17, 15) is 9.90 Å². The van der Waals surface area contributed by atoms with Gasteiger partial charge in [-0.25, -0.2) is 0 Å². The number of carboxylic acid groups (broad SMARTS) is 1. The van der Waals surface area contributed by atoms with E-state index >= 15 is 0 Å². The van der Waals surface area contributed by atoms with Gasteiger partial charge in [0.2, 0.25) is 0 Å². The number of benzene rings is 1. The van der Waals surface area contributed by atoms with E-state index in [-0.39, 0.29) is 12.5 Å². The molecular formula is C16H23NO4. The van der Waals surface area contributed by atoms with E-state index in [2.05, 4.69) is 5.32 Å². The van der Waals surface area contributed by atoms with E-state index in [0.717, 1.165) is 19.3 Å². The summed E-state index contributed by atoms with van der Waals surface area (Å²) in [6.07, 6.45) is 2.74. The van der Waals surface area contributed by atoms with Crippen molar-refractivity contribution in [3.63, 3.8) is 0 Å². The number of methoxy groups -OCH3 is 1. The fourth-order valence-corrected chi connectivity index (χ4v) is 2.48. The van der Waals surface area contributed by atoms with Crippen molar-refractivity contribution < 1.29 is 19.4 Å². The van der Waals surface area contributed by atoms with Crippen molar-refractivity contribution >= 4 is 5.97 Å². The molecule has 0 amide bonds. The first-order valence-corrected chi connectivity index (χ1v) is 7.38. The summed E-state index contributed by atoms with van der Waals surface area (Å²) >= 11 is 0. The Bertz CT molecular complexity index is 487. The molecule has 0 saturated heterocycles. The zero-order valence-corrected chi connectivity index (χ0v) is 12.6. The number of carboxylic acids is 1. The van der Waals surface area contributed by atoms with Crippen LogP contribution in [0, 0.1) is 5.92 Å². The monoisotopic (exact) mass is 293 g/mol. The second kappa shape index (κ2) is 6.80. The lowest BCUT2D eigenvalue weighted by atomic mass is 9.94. The van der Waals surface area contributed by atoms with Crippen LogP contribution in [0.4, 0.5) is 0 Å². The summed E-state index contributed by atoms with van der Waals surface area (Å²) < 4.78 is 11.0. The average molecular weight is 293 g/mol. The van der Waals surface area contributed by atoms with Crippen molar-refractivity contribution in [2.75, 3.05) is 20.3 Å². The molecule has 2 N–H and O–H groups in total. The Kier molecular flexibility index (Phi) is 5.07. The fraction of sp³-hybridized carbons (Fsp3) is 0.562. The zero-order chi connectivity index (χ0) is 15.3. The van der Waals surface area contributed by atoms with E-state index in [1.54, 1.807) is 19.2 Å². The molecule has 5 nitrogen and oxygen atoms in total. The normalized spacial score (nSPS) is 17.0. The molecule has 1 fully saturated rings. The molecule has 0 radical (unpaired) electrons. The highest BCUT2D eigenvalue weighted by Gasteiger charge is 2.51. The molecular weight excluding hydrogens is 270 g/mol. The fourth-order valence-electron chi connectivity index (χ4n) is 2.48. The van der Waals surface area contributed by atoms with Gasteiger partial charge in [0.15, 0.2) is 17.0 Å². The number of ether oxygens (including phenoxy) is 2. The van der Waals surface area contributed by atoms with Gasteiger partial charge in [0.1, 0.15) is 6.61 Å². The summed E-state index contributed by atoms with van der Waals surface area (Å²) in [7, 11) is 1.57. The van der Waals surface area contributed by atoms with Gasteiger partial charge in [0.05, 0.1) is 7.11 Å². The van der Waals surface area contributed by atoms with Crippen molar-refractivity contribution in [3.8, 4) is 11.5 Å². The summed E-state index contributed by atoms with van der Waals surface area (Å²) in [6.45, 7) is 2.79. The smallest absolute Gasteiger partial charge is 0.327 e. The maximum Gasteiger partial charge on any atom is 0.327 e. The number of carbonyl (C=O) groups is 1. The topological polar surface area (TPSA) is 67.8 Å². The van der Waals surface area contributed by atoms with Gasteiger partial charge in [-0.2, -0.15) is 0 Å². The van der Waals surface area contributed by atoms with E-state index in [4.69, 9.17) is 9.47 Å². The molecule has 0 aromatic heterocycles. The van der Waals surface area contributed by atoms with Crippen molar-refractivity contribution in [3.05, 3.63) is 24.3 Å². The van der Waals surface area contributed by atoms with Gasteiger partial charge in [-0.15, -0.1) is 0 Å². The third-order valence-corrected chi connectivity index (χ3v) is 3.87. The number of hydrogen-bond donors (Lipinski definition) is 2. The van der Waals surface area contributed by atoms with Gasteiger partial charge in [-0.1, -0.05) is 19.1 Å². The predicted molar refractivity (Wildman–Crippen MR) is 79.9 cm³/mol. The van der Waals surface area contributed by atoms with Crippen LogP contribution in [0.5, 0.6) is 11.5 Å². The molecule has 0 bridgehead atoms. The minimum Gasteiger partial charge on any atom is -0.493 e. The highest BCUT2D eigenvalue weighted by molar-refractivity contribution is 5.80. The largest absolute Gasteiger partial charge is 0.493 e. The van der Waals surface area contributed by atoms with Gasteiger partial charge < -0.3 is 14.6 Å². The van der Waals surface area contributed by atoms with Gasteiger partial charge in [0.25, 0.3) is 0 Å². The summed E-state index contributed by atoms with van der Waals surface area (Å²) in [5.41, 5.74) is -1.00. The van der Waals surface area contributed by atoms with E-state index in [0.29, 0.717) is 18.0 Å². The Hall–Kier alpha value is -1.75. The van der Waals surface area contributed by atoms with Crippen LogP contribution in [0.15, 0.2) is 24.3 Å². The van der Waals surface area contributed by atoms with E-state index < -0.39 is 11.5 Å². The van der Waals surface area contributed by atoms with Crippen LogP contribution in [0.1, 0.15) is 26.2 Å². The summed E-state index contributed by atoms with van der Waals surface area (Å²) in [6, 6.07) is 7.29. The highest BCUT2D eigenvalue weighted by atomic mass is 16.5. The number of rotatable bonds is 9.